The van der Waals surface area contributed by atoms with E-state index >= 15 is 0 Å². The molecular formula is C9H20N2O2. The van der Waals surface area contributed by atoms with Gasteiger partial charge >= 0.3 is 0 Å². The van der Waals surface area contributed by atoms with Crippen LogP contribution >= 0.6 is 0 Å². The van der Waals surface area contributed by atoms with Crippen LogP contribution in [0.2, 0.25) is 0 Å². The maximum Gasteiger partial charge on any atom is 0.137 e. The molecule has 1 rings (SSSR count). The summed E-state index contributed by atoms with van der Waals surface area (Å²) in [5.74, 6) is 0. The van der Waals surface area contributed by atoms with Crippen LogP contribution in [0.3, 0.4) is 0 Å². The van der Waals surface area contributed by atoms with Crippen molar-refractivity contribution >= 4 is 6.29 Å². The average molecular weight is 188 g/mol. The van der Waals surface area contributed by atoms with E-state index in [1.165, 1.54) is 0 Å². The Morgan fingerprint density at radius 1 is 1.46 bits per heavy atom. The molecule has 4 nitrogen and oxygen atoms in total. The summed E-state index contributed by atoms with van der Waals surface area (Å²) in [7, 11) is 7.84. The summed E-state index contributed by atoms with van der Waals surface area (Å²) in [5, 5.41) is 9.00. The minimum Gasteiger partial charge on any atom is -0.392 e. The zero-order valence-electron chi connectivity index (χ0n) is 8.90. The Morgan fingerprint density at radius 3 is 2.08 bits per heavy atom. The lowest BCUT2D eigenvalue weighted by atomic mass is 10.2. The number of likely N-dealkylation sites (tertiary alicyclic amines) is 1. The molecule has 0 amide bonds. The predicted octanol–water partition coefficient (Wildman–Crippen LogP) is -0.572. The number of hydrogen-bond acceptors (Lipinski definition) is 4. The molecule has 1 aliphatic rings. The van der Waals surface area contributed by atoms with E-state index in [0.717, 1.165) is 6.29 Å². The second-order valence-corrected chi connectivity index (χ2v) is 3.87. The van der Waals surface area contributed by atoms with Gasteiger partial charge in [0.05, 0.1) is 12.1 Å². The maximum atomic E-state index is 10.2. The van der Waals surface area contributed by atoms with Gasteiger partial charge in [0.25, 0.3) is 0 Å². The van der Waals surface area contributed by atoms with Crippen molar-refractivity contribution < 1.29 is 9.90 Å². The zero-order valence-corrected chi connectivity index (χ0v) is 8.90. The van der Waals surface area contributed by atoms with Crippen molar-refractivity contribution in [3.8, 4) is 0 Å². The second kappa shape index (κ2) is 6.07. The minimum atomic E-state index is -0.301. The van der Waals surface area contributed by atoms with Crippen LogP contribution in [0.15, 0.2) is 0 Å². The summed E-state index contributed by atoms with van der Waals surface area (Å²) >= 11 is 0. The largest absolute Gasteiger partial charge is 0.392 e. The van der Waals surface area contributed by atoms with E-state index in [1.807, 2.05) is 38.0 Å². The van der Waals surface area contributed by atoms with Crippen molar-refractivity contribution in [2.75, 3.05) is 34.7 Å². The van der Waals surface area contributed by atoms with Crippen molar-refractivity contribution in [2.45, 2.75) is 18.6 Å². The van der Waals surface area contributed by atoms with Crippen LogP contribution in [0.5, 0.6) is 0 Å². The molecule has 0 aromatic heterocycles. The smallest absolute Gasteiger partial charge is 0.137 e. The van der Waals surface area contributed by atoms with Crippen molar-refractivity contribution in [3.05, 3.63) is 0 Å². The lowest BCUT2D eigenvalue weighted by Crippen LogP contribution is -2.25. The SMILES string of the molecule is CN(C)C.CN1CC(O)CC1C=O. The predicted molar refractivity (Wildman–Crippen MR) is 52.7 cm³/mol. The Balaban J connectivity index is 0.000000310. The molecule has 0 bridgehead atoms. The first-order valence-electron chi connectivity index (χ1n) is 4.42. The Bertz CT molecular complexity index is 148. The monoisotopic (exact) mass is 188 g/mol. The highest BCUT2D eigenvalue weighted by atomic mass is 16.3. The first-order valence-corrected chi connectivity index (χ1v) is 4.42. The average Bonchev–Trinajstić information content (AvgIpc) is 2.28. The Hall–Kier alpha value is -0.450. The summed E-state index contributed by atoms with van der Waals surface area (Å²) in [6.07, 6.45) is 1.18. The highest BCUT2D eigenvalue weighted by Gasteiger charge is 2.26. The Labute approximate surface area is 80.1 Å². The fourth-order valence-electron chi connectivity index (χ4n) is 1.16. The maximum absolute atomic E-state index is 10.2. The Kier molecular flexibility index (Phi) is 5.86. The molecule has 1 heterocycles. The molecule has 0 aromatic carbocycles. The summed E-state index contributed by atoms with van der Waals surface area (Å²) in [6, 6.07) is -0.0556. The molecule has 0 saturated carbocycles. The van der Waals surface area contributed by atoms with Crippen LogP contribution in [0.4, 0.5) is 0 Å². The highest BCUT2D eigenvalue weighted by Crippen LogP contribution is 2.12. The number of rotatable bonds is 1. The third-order valence-electron chi connectivity index (χ3n) is 1.74. The van der Waals surface area contributed by atoms with Gasteiger partial charge in [0, 0.05) is 6.54 Å². The molecule has 78 valence electrons. The molecular weight excluding hydrogens is 168 g/mol. The van der Waals surface area contributed by atoms with Gasteiger partial charge in [0.15, 0.2) is 0 Å². The normalized spacial score (nSPS) is 28.5. The minimum absolute atomic E-state index is 0.0556. The number of hydrogen-bond donors (Lipinski definition) is 1. The first kappa shape index (κ1) is 12.6. The molecule has 4 heteroatoms. The molecule has 0 aromatic rings. The number of aliphatic hydroxyl groups is 1. The topological polar surface area (TPSA) is 43.8 Å². The molecule has 13 heavy (non-hydrogen) atoms. The standard InChI is InChI=1S/C6H11NO2.C3H9N/c1-7-3-6(9)2-5(7)4-8;1-4(2)3/h4-6,9H,2-3H2,1H3;1-3H3. The molecule has 2 unspecified atom stereocenters. The molecule has 1 aliphatic heterocycles. The van der Waals surface area contributed by atoms with Gasteiger partial charge in [-0.1, -0.05) is 0 Å². The van der Waals surface area contributed by atoms with Crippen LogP contribution < -0.4 is 0 Å². The van der Waals surface area contributed by atoms with Gasteiger partial charge in [-0.2, -0.15) is 0 Å². The number of likely N-dealkylation sites (N-methyl/N-ethyl adjacent to an activating group) is 1. The van der Waals surface area contributed by atoms with Gasteiger partial charge in [0.1, 0.15) is 6.29 Å². The van der Waals surface area contributed by atoms with Gasteiger partial charge in [-0.05, 0) is 34.6 Å². The molecule has 1 saturated heterocycles. The van der Waals surface area contributed by atoms with Crippen LogP contribution in [0.25, 0.3) is 0 Å². The summed E-state index contributed by atoms with van der Waals surface area (Å²) in [5.41, 5.74) is 0. The van der Waals surface area contributed by atoms with Gasteiger partial charge in [0.2, 0.25) is 0 Å². The van der Waals surface area contributed by atoms with E-state index in [4.69, 9.17) is 5.11 Å². The lowest BCUT2D eigenvalue weighted by molar-refractivity contribution is -0.111. The quantitative estimate of drug-likeness (QED) is 0.560. The number of carbonyl (C=O) groups excluding carboxylic acids is 1. The first-order chi connectivity index (χ1) is 5.97. The second-order valence-electron chi connectivity index (χ2n) is 3.87. The third kappa shape index (κ3) is 5.74. The zero-order chi connectivity index (χ0) is 10.4. The molecule has 2 atom stereocenters. The van der Waals surface area contributed by atoms with Crippen molar-refractivity contribution in [2.24, 2.45) is 0 Å². The van der Waals surface area contributed by atoms with Gasteiger partial charge in [-0.25, -0.2) is 0 Å². The van der Waals surface area contributed by atoms with E-state index in [2.05, 4.69) is 0 Å². The molecule has 1 fully saturated rings. The number of nitrogens with zero attached hydrogens (tertiary/aromatic N) is 2. The van der Waals surface area contributed by atoms with Gasteiger partial charge < -0.3 is 14.8 Å². The van der Waals surface area contributed by atoms with E-state index in [1.54, 1.807) is 0 Å². The van der Waals surface area contributed by atoms with Crippen molar-refractivity contribution in [1.82, 2.24) is 9.80 Å². The molecule has 0 spiro atoms. The summed E-state index contributed by atoms with van der Waals surface area (Å²) in [6.45, 7) is 0.628. The van der Waals surface area contributed by atoms with Crippen LogP contribution in [-0.2, 0) is 4.79 Å². The molecule has 0 aliphatic carbocycles. The number of β-amino-alcohol motifs (C(OH)–C–C–N with tert-alkyl or cyclic N) is 1. The van der Waals surface area contributed by atoms with Crippen molar-refractivity contribution in [3.63, 3.8) is 0 Å². The van der Waals surface area contributed by atoms with E-state index in [-0.39, 0.29) is 12.1 Å². The number of aldehydes is 1. The fraction of sp³-hybridized carbons (Fsp3) is 0.889. The highest BCUT2D eigenvalue weighted by molar-refractivity contribution is 5.58. The number of carbonyl (C=O) groups is 1. The van der Waals surface area contributed by atoms with Crippen molar-refractivity contribution in [1.29, 1.82) is 0 Å². The van der Waals surface area contributed by atoms with Crippen LogP contribution in [0, 0.1) is 0 Å². The van der Waals surface area contributed by atoms with E-state index in [0.29, 0.717) is 13.0 Å². The van der Waals surface area contributed by atoms with E-state index in [9.17, 15) is 4.79 Å². The fourth-order valence-corrected chi connectivity index (χ4v) is 1.16. The number of aliphatic hydroxyl groups excluding tert-OH is 1. The van der Waals surface area contributed by atoms with Crippen LogP contribution in [-0.4, -0.2) is 68.1 Å². The third-order valence-corrected chi connectivity index (χ3v) is 1.74. The molecule has 0 radical (unpaired) electrons. The molecule has 1 N–H and O–H groups in total. The summed E-state index contributed by atoms with van der Waals surface area (Å²) < 4.78 is 0. The lowest BCUT2D eigenvalue weighted by Gasteiger charge is -2.10. The van der Waals surface area contributed by atoms with Gasteiger partial charge in [-0.15, -0.1) is 0 Å². The van der Waals surface area contributed by atoms with E-state index < -0.39 is 0 Å². The Morgan fingerprint density at radius 2 is 1.92 bits per heavy atom. The van der Waals surface area contributed by atoms with Gasteiger partial charge in [-0.3, -0.25) is 4.90 Å². The summed E-state index contributed by atoms with van der Waals surface area (Å²) in [4.78, 5) is 14.1. The van der Waals surface area contributed by atoms with Crippen LogP contribution in [0.1, 0.15) is 6.42 Å².